The van der Waals surface area contributed by atoms with Crippen LogP contribution in [0.4, 0.5) is 4.39 Å². The number of aryl methyl sites for hydroxylation is 1. The molecule has 1 amide bonds. The molecule has 0 fully saturated rings. The Hall–Kier alpha value is -3.47. The van der Waals surface area contributed by atoms with Crippen LogP contribution in [-0.4, -0.2) is 15.3 Å². The van der Waals surface area contributed by atoms with Crippen molar-refractivity contribution in [2.24, 2.45) is 0 Å². The van der Waals surface area contributed by atoms with Gasteiger partial charge in [-0.3, -0.25) is 4.79 Å². The number of fused-ring (bicyclic) bond motifs is 1. The summed E-state index contributed by atoms with van der Waals surface area (Å²) in [4.78, 5) is 17.5. The Morgan fingerprint density at radius 2 is 1.80 bits per heavy atom. The number of hydrogen-bond acceptors (Lipinski definition) is 2. The molecule has 1 N–H and O–H groups in total. The van der Waals surface area contributed by atoms with Gasteiger partial charge in [-0.15, -0.1) is 0 Å². The summed E-state index contributed by atoms with van der Waals surface area (Å²) in [6.07, 6.45) is 3.77. The Bertz CT molecular complexity index is 1170. The van der Waals surface area contributed by atoms with E-state index in [9.17, 15) is 9.18 Å². The van der Waals surface area contributed by atoms with E-state index in [1.165, 1.54) is 6.07 Å². The Kier molecular flexibility index (Phi) is 5.61. The first-order chi connectivity index (χ1) is 14.5. The fourth-order valence-corrected chi connectivity index (χ4v) is 3.87. The lowest BCUT2D eigenvalue weighted by atomic mass is 9.91. The van der Waals surface area contributed by atoms with Gasteiger partial charge >= 0.3 is 0 Å². The van der Waals surface area contributed by atoms with Crippen molar-refractivity contribution < 1.29 is 9.18 Å². The number of halogens is 1. The number of carbonyl (C=O) groups is 1. The van der Waals surface area contributed by atoms with Crippen LogP contribution in [0.2, 0.25) is 0 Å². The molecule has 0 aliphatic rings. The largest absolute Gasteiger partial charge is 0.350 e. The van der Waals surface area contributed by atoms with Crippen molar-refractivity contribution >= 4 is 11.6 Å². The summed E-state index contributed by atoms with van der Waals surface area (Å²) < 4.78 is 16.7. The van der Waals surface area contributed by atoms with Gasteiger partial charge in [0.05, 0.1) is 11.7 Å². The molecule has 152 valence electrons. The number of hydrogen-bond donors (Lipinski definition) is 1. The third kappa shape index (κ3) is 3.96. The summed E-state index contributed by atoms with van der Waals surface area (Å²) in [6, 6.07) is 20.2. The molecule has 5 heteroatoms. The second-order valence-corrected chi connectivity index (χ2v) is 7.55. The first kappa shape index (κ1) is 19.8. The number of amides is 1. The Labute approximate surface area is 175 Å². The summed E-state index contributed by atoms with van der Waals surface area (Å²) in [5, 5.41) is 3.05. The van der Waals surface area contributed by atoms with E-state index in [0.717, 1.165) is 22.5 Å². The lowest BCUT2D eigenvalue weighted by Gasteiger charge is -2.20. The van der Waals surface area contributed by atoms with Crippen molar-refractivity contribution in [2.45, 2.75) is 32.2 Å². The third-order valence-electron chi connectivity index (χ3n) is 5.46. The van der Waals surface area contributed by atoms with Crippen LogP contribution >= 0.6 is 0 Å². The highest BCUT2D eigenvalue weighted by Gasteiger charge is 2.25. The number of nitrogens with zero attached hydrogens (tertiary/aromatic N) is 2. The molecule has 0 aliphatic carbocycles. The van der Waals surface area contributed by atoms with E-state index >= 15 is 0 Å². The van der Waals surface area contributed by atoms with Crippen LogP contribution in [0.15, 0.2) is 79.1 Å². The van der Waals surface area contributed by atoms with Gasteiger partial charge in [0, 0.05) is 24.7 Å². The number of carbonyl (C=O) groups excluding carboxylic acids is 1. The maximum absolute atomic E-state index is 14.7. The number of pyridine rings is 1. The highest BCUT2D eigenvalue weighted by atomic mass is 19.1. The zero-order valence-electron chi connectivity index (χ0n) is 17.0. The smallest absolute Gasteiger partial charge is 0.221 e. The van der Waals surface area contributed by atoms with Crippen molar-refractivity contribution in [3.05, 3.63) is 107 Å². The molecule has 2 heterocycles. The first-order valence-electron chi connectivity index (χ1n) is 10.1. The summed E-state index contributed by atoms with van der Waals surface area (Å²) >= 11 is 0. The van der Waals surface area contributed by atoms with Crippen molar-refractivity contribution in [1.82, 2.24) is 14.7 Å². The molecule has 0 saturated heterocycles. The molecule has 4 rings (SSSR count). The molecule has 0 spiro atoms. The average molecular weight is 401 g/mol. The second-order valence-electron chi connectivity index (χ2n) is 7.55. The minimum absolute atomic E-state index is 0.125. The fourth-order valence-electron chi connectivity index (χ4n) is 3.87. The highest BCUT2D eigenvalue weighted by molar-refractivity contribution is 5.78. The van der Waals surface area contributed by atoms with Gasteiger partial charge in [0.2, 0.25) is 5.91 Å². The number of imidazole rings is 1. The van der Waals surface area contributed by atoms with Crippen LogP contribution in [0.3, 0.4) is 0 Å². The van der Waals surface area contributed by atoms with Crippen molar-refractivity contribution in [1.29, 1.82) is 0 Å². The Morgan fingerprint density at radius 1 is 1.07 bits per heavy atom. The van der Waals surface area contributed by atoms with Gasteiger partial charge in [0.25, 0.3) is 0 Å². The zero-order chi connectivity index (χ0) is 21.1. The zero-order valence-corrected chi connectivity index (χ0v) is 17.0. The van der Waals surface area contributed by atoms with Gasteiger partial charge in [-0.1, -0.05) is 54.6 Å². The topological polar surface area (TPSA) is 46.4 Å². The van der Waals surface area contributed by atoms with E-state index in [-0.39, 0.29) is 24.2 Å². The quantitative estimate of drug-likeness (QED) is 0.484. The molecule has 0 aliphatic heterocycles. The van der Waals surface area contributed by atoms with Gasteiger partial charge in [0.15, 0.2) is 0 Å². The third-order valence-corrected chi connectivity index (χ3v) is 5.46. The number of rotatable bonds is 6. The van der Waals surface area contributed by atoms with E-state index in [1.54, 1.807) is 24.4 Å². The van der Waals surface area contributed by atoms with Crippen LogP contribution in [0.5, 0.6) is 0 Å². The van der Waals surface area contributed by atoms with Gasteiger partial charge in [-0.25, -0.2) is 9.37 Å². The molecule has 30 heavy (non-hydrogen) atoms. The fraction of sp³-hybridized carbons (Fsp3) is 0.200. The average Bonchev–Trinajstić information content (AvgIpc) is 3.18. The molecule has 0 bridgehead atoms. The van der Waals surface area contributed by atoms with E-state index in [2.05, 4.69) is 10.3 Å². The highest BCUT2D eigenvalue weighted by Crippen LogP contribution is 2.31. The number of benzene rings is 2. The van der Waals surface area contributed by atoms with Gasteiger partial charge in [-0.05, 0) is 42.7 Å². The molecule has 2 aromatic carbocycles. The van der Waals surface area contributed by atoms with E-state index in [4.69, 9.17) is 0 Å². The Morgan fingerprint density at radius 3 is 2.57 bits per heavy atom. The second kappa shape index (κ2) is 8.49. The minimum atomic E-state index is -0.453. The van der Waals surface area contributed by atoms with Crippen molar-refractivity contribution in [3.63, 3.8) is 0 Å². The number of nitrogens with one attached hydrogen (secondary N) is 1. The molecular weight excluding hydrogens is 377 g/mol. The summed E-state index contributed by atoms with van der Waals surface area (Å²) in [7, 11) is 0. The van der Waals surface area contributed by atoms with E-state index in [0.29, 0.717) is 5.56 Å². The summed E-state index contributed by atoms with van der Waals surface area (Å²) in [6.45, 7) is 3.93. The van der Waals surface area contributed by atoms with Crippen LogP contribution in [0, 0.1) is 12.7 Å². The summed E-state index contributed by atoms with van der Waals surface area (Å²) in [5.74, 6) is -0.915. The molecule has 4 nitrogen and oxygen atoms in total. The SMILES string of the molecule is Cc1cccn2c(C(CC(=O)NC(C)c3ccccc3)c3ccccc3F)cnc12. The van der Waals surface area contributed by atoms with E-state index in [1.807, 2.05) is 66.9 Å². The molecule has 2 unspecified atom stereocenters. The van der Waals surface area contributed by atoms with Crippen LogP contribution in [0.1, 0.15) is 47.7 Å². The molecular formula is C25H24FN3O. The molecule has 0 saturated carbocycles. The molecule has 4 aromatic rings. The van der Waals surface area contributed by atoms with Gasteiger partial charge in [0.1, 0.15) is 11.5 Å². The number of aromatic nitrogens is 2. The maximum Gasteiger partial charge on any atom is 0.221 e. The van der Waals surface area contributed by atoms with Crippen LogP contribution in [0.25, 0.3) is 5.65 Å². The maximum atomic E-state index is 14.7. The standard InChI is InChI=1S/C25H24FN3O/c1-17-9-8-14-29-23(16-27-25(17)29)21(20-12-6-7-13-22(20)26)15-24(30)28-18(2)19-10-4-3-5-11-19/h3-14,16,18,21H,15H2,1-2H3,(H,28,30). The van der Waals surface area contributed by atoms with E-state index < -0.39 is 5.92 Å². The predicted molar refractivity (Wildman–Crippen MR) is 116 cm³/mol. The lowest BCUT2D eigenvalue weighted by Crippen LogP contribution is -2.28. The molecule has 0 radical (unpaired) electrons. The van der Waals surface area contributed by atoms with Crippen LogP contribution in [-0.2, 0) is 4.79 Å². The summed E-state index contributed by atoms with van der Waals surface area (Å²) in [5.41, 5.74) is 4.15. The normalized spacial score (nSPS) is 13.2. The molecule has 2 atom stereocenters. The van der Waals surface area contributed by atoms with Crippen LogP contribution < -0.4 is 5.32 Å². The monoisotopic (exact) mass is 401 g/mol. The van der Waals surface area contributed by atoms with Gasteiger partial charge < -0.3 is 9.72 Å². The minimum Gasteiger partial charge on any atom is -0.350 e. The van der Waals surface area contributed by atoms with Crippen molar-refractivity contribution in [3.8, 4) is 0 Å². The predicted octanol–water partition coefficient (Wildman–Crippen LogP) is 5.18. The first-order valence-corrected chi connectivity index (χ1v) is 10.1. The Balaban J connectivity index is 1.67. The lowest BCUT2D eigenvalue weighted by molar-refractivity contribution is -0.122. The molecule has 2 aromatic heterocycles. The van der Waals surface area contributed by atoms with Gasteiger partial charge in [-0.2, -0.15) is 0 Å². The van der Waals surface area contributed by atoms with Crippen molar-refractivity contribution in [2.75, 3.05) is 0 Å².